The normalized spacial score (nSPS) is 12.7. The highest BCUT2D eigenvalue weighted by Gasteiger charge is 2.11. The number of rotatable bonds is 7. The zero-order chi connectivity index (χ0) is 13.5. The van der Waals surface area contributed by atoms with Crippen molar-refractivity contribution < 1.29 is 4.74 Å². The van der Waals surface area contributed by atoms with Gasteiger partial charge in [-0.1, -0.05) is 25.1 Å². The number of benzene rings is 1. The van der Waals surface area contributed by atoms with Crippen molar-refractivity contribution in [2.45, 2.75) is 25.8 Å². The maximum Gasteiger partial charge on any atom is 0.116 e. The van der Waals surface area contributed by atoms with E-state index in [-0.39, 0.29) is 0 Å². The molecular formula is C15H21N3O. The molecule has 19 heavy (non-hydrogen) atoms. The first kappa shape index (κ1) is 13.9. The van der Waals surface area contributed by atoms with Gasteiger partial charge in [-0.15, -0.1) is 0 Å². The fourth-order valence-electron chi connectivity index (χ4n) is 2.20. The molecule has 1 unspecified atom stereocenters. The summed E-state index contributed by atoms with van der Waals surface area (Å²) in [5, 5.41) is 4.63. The van der Waals surface area contributed by atoms with Gasteiger partial charge in [0.05, 0.1) is 17.8 Å². The first-order valence-electron chi connectivity index (χ1n) is 6.76. The summed E-state index contributed by atoms with van der Waals surface area (Å²) in [6.07, 6.45) is 3.61. The highest BCUT2D eigenvalue weighted by Crippen LogP contribution is 2.15. The summed E-state index contributed by atoms with van der Waals surface area (Å²) in [5.41, 5.74) is 2.08. The van der Waals surface area contributed by atoms with Gasteiger partial charge >= 0.3 is 0 Å². The van der Waals surface area contributed by atoms with E-state index in [0.717, 1.165) is 36.0 Å². The molecule has 0 aliphatic heterocycles. The van der Waals surface area contributed by atoms with E-state index in [2.05, 4.69) is 28.3 Å². The molecule has 0 bridgehead atoms. The molecule has 4 nitrogen and oxygen atoms in total. The van der Waals surface area contributed by atoms with Gasteiger partial charge < -0.3 is 10.1 Å². The van der Waals surface area contributed by atoms with Gasteiger partial charge in [-0.2, -0.15) is 0 Å². The summed E-state index contributed by atoms with van der Waals surface area (Å²) in [6.45, 7) is 3.85. The molecule has 0 saturated carbocycles. The predicted octanol–water partition coefficient (Wildman–Crippen LogP) is 2.19. The fraction of sp³-hybridized carbons (Fsp3) is 0.467. The Morgan fingerprint density at radius 2 is 2.11 bits per heavy atom. The highest BCUT2D eigenvalue weighted by atomic mass is 16.5. The Kier molecular flexibility index (Phi) is 5.24. The summed E-state index contributed by atoms with van der Waals surface area (Å²) in [5.74, 6) is 0. The van der Waals surface area contributed by atoms with Crippen molar-refractivity contribution in [2.75, 3.05) is 20.3 Å². The van der Waals surface area contributed by atoms with Gasteiger partial charge in [0, 0.05) is 25.0 Å². The van der Waals surface area contributed by atoms with Gasteiger partial charge in [0.15, 0.2) is 0 Å². The molecule has 4 heteroatoms. The van der Waals surface area contributed by atoms with Gasteiger partial charge in [-0.05, 0) is 19.0 Å². The van der Waals surface area contributed by atoms with Crippen LogP contribution in [0.3, 0.4) is 0 Å². The van der Waals surface area contributed by atoms with E-state index >= 15 is 0 Å². The zero-order valence-electron chi connectivity index (χ0n) is 11.6. The maximum absolute atomic E-state index is 5.28. The number of nitrogens with one attached hydrogen (secondary N) is 1. The number of fused-ring (bicyclic) bond motifs is 1. The third-order valence-corrected chi connectivity index (χ3v) is 3.12. The van der Waals surface area contributed by atoms with Gasteiger partial charge in [-0.3, -0.25) is 0 Å². The monoisotopic (exact) mass is 259 g/mol. The Hall–Kier alpha value is -1.52. The van der Waals surface area contributed by atoms with E-state index < -0.39 is 0 Å². The van der Waals surface area contributed by atoms with Crippen LogP contribution < -0.4 is 5.32 Å². The Morgan fingerprint density at radius 1 is 1.26 bits per heavy atom. The molecule has 1 aromatic heterocycles. The number of methoxy groups -OCH3 is 1. The molecule has 0 aliphatic rings. The molecule has 0 amide bonds. The highest BCUT2D eigenvalue weighted by molar-refractivity contribution is 5.80. The number of hydrogen-bond acceptors (Lipinski definition) is 4. The van der Waals surface area contributed by atoms with Crippen LogP contribution in [0.25, 0.3) is 10.9 Å². The van der Waals surface area contributed by atoms with Crippen molar-refractivity contribution in [3.63, 3.8) is 0 Å². The second-order valence-corrected chi connectivity index (χ2v) is 4.65. The molecule has 1 atom stereocenters. The van der Waals surface area contributed by atoms with E-state index in [9.17, 15) is 0 Å². The summed E-state index contributed by atoms with van der Waals surface area (Å²) >= 11 is 0. The lowest BCUT2D eigenvalue weighted by molar-refractivity contribution is 0.166. The number of para-hydroxylation sites is 1. The molecule has 2 aromatic rings. The summed E-state index contributed by atoms with van der Waals surface area (Å²) < 4.78 is 5.28. The summed E-state index contributed by atoms with van der Waals surface area (Å²) in [6, 6.07) is 8.42. The smallest absolute Gasteiger partial charge is 0.116 e. The fourth-order valence-corrected chi connectivity index (χ4v) is 2.20. The third kappa shape index (κ3) is 3.72. The average molecular weight is 259 g/mol. The van der Waals surface area contributed by atoms with E-state index in [4.69, 9.17) is 4.74 Å². The van der Waals surface area contributed by atoms with Gasteiger partial charge in [0.25, 0.3) is 0 Å². The molecule has 102 valence electrons. The quantitative estimate of drug-likeness (QED) is 0.828. The van der Waals surface area contributed by atoms with Crippen LogP contribution >= 0.6 is 0 Å². The summed E-state index contributed by atoms with van der Waals surface area (Å²) in [4.78, 5) is 8.72. The zero-order valence-corrected chi connectivity index (χ0v) is 11.6. The van der Waals surface area contributed by atoms with Crippen LogP contribution in [0.4, 0.5) is 0 Å². The lowest BCUT2D eigenvalue weighted by Crippen LogP contribution is -2.36. The molecule has 0 fully saturated rings. The second-order valence-electron chi connectivity index (χ2n) is 4.65. The van der Waals surface area contributed by atoms with E-state index in [1.165, 1.54) is 0 Å². The van der Waals surface area contributed by atoms with Crippen molar-refractivity contribution in [3.8, 4) is 0 Å². The number of ether oxygens (including phenoxy) is 1. The van der Waals surface area contributed by atoms with Crippen LogP contribution in [0.2, 0.25) is 0 Å². The topological polar surface area (TPSA) is 47.0 Å². The summed E-state index contributed by atoms with van der Waals surface area (Å²) in [7, 11) is 1.73. The standard InChI is InChI=1S/C15H21N3O/c1-3-8-16-12(10-19-2)9-15-13-6-4-5-7-14(13)17-11-18-15/h4-7,11-12,16H,3,8-10H2,1-2H3. The van der Waals surface area contributed by atoms with Crippen molar-refractivity contribution in [1.82, 2.24) is 15.3 Å². The second kappa shape index (κ2) is 7.16. The van der Waals surface area contributed by atoms with Crippen LogP contribution in [-0.4, -0.2) is 36.3 Å². The largest absolute Gasteiger partial charge is 0.383 e. The first-order chi connectivity index (χ1) is 9.35. The minimum Gasteiger partial charge on any atom is -0.383 e. The van der Waals surface area contributed by atoms with Crippen LogP contribution in [0.5, 0.6) is 0 Å². The van der Waals surface area contributed by atoms with Crippen molar-refractivity contribution in [3.05, 3.63) is 36.3 Å². The lowest BCUT2D eigenvalue weighted by Gasteiger charge is -2.17. The van der Waals surface area contributed by atoms with Crippen LogP contribution in [0.15, 0.2) is 30.6 Å². The van der Waals surface area contributed by atoms with Crippen LogP contribution in [0, 0.1) is 0 Å². The molecular weight excluding hydrogens is 238 g/mol. The Labute approximate surface area is 114 Å². The number of aromatic nitrogens is 2. The van der Waals surface area contributed by atoms with Gasteiger partial charge in [-0.25, -0.2) is 9.97 Å². The van der Waals surface area contributed by atoms with E-state index in [1.54, 1.807) is 13.4 Å². The van der Waals surface area contributed by atoms with E-state index in [0.29, 0.717) is 12.6 Å². The number of nitrogens with zero attached hydrogens (tertiary/aromatic N) is 2. The SMILES string of the molecule is CCCNC(COC)Cc1ncnc2ccccc12. The minimum atomic E-state index is 0.295. The minimum absolute atomic E-state index is 0.295. The predicted molar refractivity (Wildman–Crippen MR) is 77.2 cm³/mol. The Balaban J connectivity index is 2.18. The molecule has 2 rings (SSSR count). The molecule has 0 radical (unpaired) electrons. The number of hydrogen-bond donors (Lipinski definition) is 1. The molecule has 1 N–H and O–H groups in total. The average Bonchev–Trinajstić information content (AvgIpc) is 2.45. The van der Waals surface area contributed by atoms with Crippen molar-refractivity contribution in [1.29, 1.82) is 0 Å². The molecule has 1 aromatic carbocycles. The van der Waals surface area contributed by atoms with Crippen LogP contribution in [-0.2, 0) is 11.2 Å². The van der Waals surface area contributed by atoms with Crippen LogP contribution in [0.1, 0.15) is 19.0 Å². The third-order valence-electron chi connectivity index (χ3n) is 3.12. The van der Waals surface area contributed by atoms with E-state index in [1.807, 2.05) is 18.2 Å². The Morgan fingerprint density at radius 3 is 2.89 bits per heavy atom. The van der Waals surface area contributed by atoms with Gasteiger partial charge in [0.1, 0.15) is 6.33 Å². The molecule has 1 heterocycles. The molecule has 0 saturated heterocycles. The molecule has 0 aliphatic carbocycles. The lowest BCUT2D eigenvalue weighted by atomic mass is 10.1. The van der Waals surface area contributed by atoms with Crippen molar-refractivity contribution >= 4 is 10.9 Å². The van der Waals surface area contributed by atoms with Crippen molar-refractivity contribution in [2.24, 2.45) is 0 Å². The Bertz CT molecular complexity index is 510. The first-order valence-corrected chi connectivity index (χ1v) is 6.76. The van der Waals surface area contributed by atoms with Gasteiger partial charge in [0.2, 0.25) is 0 Å². The maximum atomic E-state index is 5.28. The molecule has 0 spiro atoms.